The van der Waals surface area contributed by atoms with Crippen LogP contribution in [0.3, 0.4) is 0 Å². The average Bonchev–Trinajstić information content (AvgIpc) is 2.54. The molecular weight excluding hydrogens is 353 g/mol. The second-order valence-corrected chi connectivity index (χ2v) is 5.71. The van der Waals surface area contributed by atoms with E-state index in [4.69, 9.17) is 23.2 Å². The predicted molar refractivity (Wildman–Crippen MR) is 91.4 cm³/mol. The van der Waals surface area contributed by atoms with E-state index < -0.39 is 0 Å². The van der Waals surface area contributed by atoms with Crippen molar-refractivity contribution in [1.82, 2.24) is 19.9 Å². The van der Waals surface area contributed by atoms with Crippen LogP contribution < -0.4 is 10.9 Å². The van der Waals surface area contributed by atoms with Crippen LogP contribution in [0.1, 0.15) is 12.0 Å². The Morgan fingerprint density at radius 1 is 0.958 bits per heavy atom. The quantitative estimate of drug-likeness (QED) is 0.597. The molecule has 122 valence electrons. The topological polar surface area (TPSA) is 101 Å². The van der Waals surface area contributed by atoms with Crippen LogP contribution in [0.15, 0.2) is 35.3 Å². The van der Waals surface area contributed by atoms with E-state index in [0.717, 1.165) is 12.0 Å². The fourth-order valence-electron chi connectivity index (χ4n) is 2.12. The molecule has 0 atom stereocenters. The first kappa shape index (κ1) is 16.4. The molecule has 0 spiro atoms. The molecule has 4 heterocycles. The molecule has 1 amide bonds. The van der Waals surface area contributed by atoms with Crippen molar-refractivity contribution >= 4 is 46.1 Å². The summed E-state index contributed by atoms with van der Waals surface area (Å²) in [5.74, 6) is 0.621. The Morgan fingerprint density at radius 3 is 2.54 bits per heavy atom. The number of hydrogen-bond donors (Lipinski definition) is 2. The summed E-state index contributed by atoms with van der Waals surface area (Å²) in [4.78, 5) is 36.0. The highest BCUT2D eigenvalue weighted by Gasteiger charge is 2.15. The van der Waals surface area contributed by atoms with Gasteiger partial charge in [0.15, 0.2) is 5.65 Å². The third-order valence-electron chi connectivity index (χ3n) is 3.23. The van der Waals surface area contributed by atoms with Crippen LogP contribution in [-0.4, -0.2) is 25.8 Å². The van der Waals surface area contributed by atoms with Gasteiger partial charge in [-0.25, -0.2) is 15.0 Å². The van der Waals surface area contributed by atoms with E-state index in [1.807, 2.05) is 6.07 Å². The van der Waals surface area contributed by atoms with Crippen molar-refractivity contribution in [2.24, 2.45) is 0 Å². The minimum atomic E-state index is -0.280. The van der Waals surface area contributed by atoms with Gasteiger partial charge in [0.1, 0.15) is 21.6 Å². The number of anilines is 1. The molecule has 3 aromatic rings. The number of halogens is 2. The maximum absolute atomic E-state index is 10.9. The van der Waals surface area contributed by atoms with Crippen LogP contribution in [-0.2, 0) is 11.2 Å². The van der Waals surface area contributed by atoms with Crippen LogP contribution in [0.5, 0.6) is 0 Å². The molecule has 3 aromatic heterocycles. The SMILES string of the molecule is O=C1CCc2ccc(Cl)nc2N1.O=c1cnc2ccc(Cl)nc2[nH]1. The molecule has 0 aromatic carbocycles. The first-order valence-electron chi connectivity index (χ1n) is 6.98. The number of amides is 1. The molecule has 0 unspecified atom stereocenters. The predicted octanol–water partition coefficient (Wildman–Crippen LogP) is 2.59. The number of aryl methyl sites for hydroxylation is 1. The van der Waals surface area contributed by atoms with Gasteiger partial charge in [-0.05, 0) is 30.2 Å². The van der Waals surface area contributed by atoms with Gasteiger partial charge in [0.25, 0.3) is 5.56 Å². The molecule has 7 nitrogen and oxygen atoms in total. The van der Waals surface area contributed by atoms with E-state index in [0.29, 0.717) is 33.7 Å². The number of nitrogens with zero attached hydrogens (tertiary/aromatic N) is 3. The third kappa shape index (κ3) is 3.87. The summed E-state index contributed by atoms with van der Waals surface area (Å²) in [7, 11) is 0. The highest BCUT2D eigenvalue weighted by atomic mass is 35.5. The van der Waals surface area contributed by atoms with Gasteiger partial charge in [0, 0.05) is 6.42 Å². The van der Waals surface area contributed by atoms with Gasteiger partial charge in [-0.15, -0.1) is 0 Å². The highest BCUT2D eigenvalue weighted by Crippen LogP contribution is 2.21. The Labute approximate surface area is 146 Å². The van der Waals surface area contributed by atoms with E-state index in [9.17, 15) is 9.59 Å². The number of pyridine rings is 2. The summed E-state index contributed by atoms with van der Waals surface area (Å²) >= 11 is 11.3. The fourth-order valence-corrected chi connectivity index (χ4v) is 2.41. The van der Waals surface area contributed by atoms with Crippen molar-refractivity contribution < 1.29 is 4.79 Å². The average molecular weight is 364 g/mol. The summed E-state index contributed by atoms with van der Waals surface area (Å²) in [6, 6.07) is 6.94. The third-order valence-corrected chi connectivity index (χ3v) is 3.65. The maximum Gasteiger partial charge on any atom is 0.268 e. The van der Waals surface area contributed by atoms with E-state index in [1.165, 1.54) is 6.20 Å². The Balaban J connectivity index is 0.000000141. The second-order valence-electron chi connectivity index (χ2n) is 4.94. The van der Waals surface area contributed by atoms with Crippen molar-refractivity contribution in [3.63, 3.8) is 0 Å². The lowest BCUT2D eigenvalue weighted by atomic mass is 10.1. The molecule has 0 bridgehead atoms. The standard InChI is InChI=1S/C8H7ClN2O.C7H4ClN3O/c9-6-3-1-5-2-4-7(12)11-8(5)10-6;8-5-2-1-4-7(10-5)11-6(12)3-9-4/h1,3H,2,4H2,(H,10,11,12);1-3H,(H,10,11,12). The van der Waals surface area contributed by atoms with Crippen molar-refractivity contribution in [3.05, 3.63) is 56.7 Å². The minimum Gasteiger partial charge on any atom is -0.310 e. The summed E-state index contributed by atoms with van der Waals surface area (Å²) in [5.41, 5.74) is 1.81. The first-order valence-corrected chi connectivity index (χ1v) is 7.74. The number of carbonyl (C=O) groups excluding carboxylic acids is 1. The van der Waals surface area contributed by atoms with Gasteiger partial charge in [-0.1, -0.05) is 29.3 Å². The van der Waals surface area contributed by atoms with Gasteiger partial charge < -0.3 is 10.3 Å². The number of rotatable bonds is 0. The zero-order valence-corrected chi connectivity index (χ0v) is 13.7. The molecule has 0 saturated carbocycles. The van der Waals surface area contributed by atoms with Crippen LogP contribution in [0, 0.1) is 0 Å². The van der Waals surface area contributed by atoms with Crippen molar-refractivity contribution in [1.29, 1.82) is 0 Å². The summed E-state index contributed by atoms with van der Waals surface area (Å²) in [6.07, 6.45) is 2.50. The number of carbonyl (C=O) groups is 1. The fraction of sp³-hybridized carbons (Fsp3) is 0.133. The molecule has 0 aliphatic carbocycles. The van der Waals surface area contributed by atoms with Crippen LogP contribution in [0.2, 0.25) is 10.3 Å². The summed E-state index contributed by atoms with van der Waals surface area (Å²) in [5, 5.41) is 3.42. The number of aromatic nitrogens is 4. The lowest BCUT2D eigenvalue weighted by molar-refractivity contribution is -0.116. The number of fused-ring (bicyclic) bond motifs is 2. The molecule has 1 aliphatic heterocycles. The number of aromatic amines is 1. The Bertz CT molecular complexity index is 973. The maximum atomic E-state index is 10.9. The second kappa shape index (κ2) is 6.94. The summed E-state index contributed by atoms with van der Waals surface area (Å²) < 4.78 is 0. The molecular formula is C15H11Cl2N5O2. The molecule has 0 radical (unpaired) electrons. The van der Waals surface area contributed by atoms with Crippen LogP contribution in [0.25, 0.3) is 11.2 Å². The lowest BCUT2D eigenvalue weighted by Crippen LogP contribution is -2.19. The number of nitrogens with one attached hydrogen (secondary N) is 2. The van der Waals surface area contributed by atoms with Gasteiger partial charge in [0.2, 0.25) is 5.91 Å². The zero-order chi connectivity index (χ0) is 17.1. The van der Waals surface area contributed by atoms with Gasteiger partial charge >= 0.3 is 0 Å². The molecule has 4 rings (SSSR count). The molecule has 1 aliphatic rings. The van der Waals surface area contributed by atoms with Crippen molar-refractivity contribution in [3.8, 4) is 0 Å². The Kier molecular flexibility index (Phi) is 4.73. The minimum absolute atomic E-state index is 0.0114. The van der Waals surface area contributed by atoms with E-state index in [1.54, 1.807) is 18.2 Å². The van der Waals surface area contributed by atoms with Gasteiger partial charge in [-0.3, -0.25) is 9.59 Å². The van der Waals surface area contributed by atoms with E-state index in [2.05, 4.69) is 25.3 Å². The zero-order valence-electron chi connectivity index (χ0n) is 12.2. The van der Waals surface area contributed by atoms with Crippen LogP contribution >= 0.6 is 23.2 Å². The van der Waals surface area contributed by atoms with E-state index in [-0.39, 0.29) is 11.5 Å². The van der Waals surface area contributed by atoms with E-state index >= 15 is 0 Å². The smallest absolute Gasteiger partial charge is 0.268 e. The Morgan fingerprint density at radius 2 is 1.71 bits per heavy atom. The molecule has 24 heavy (non-hydrogen) atoms. The molecule has 2 N–H and O–H groups in total. The van der Waals surface area contributed by atoms with Crippen molar-refractivity contribution in [2.45, 2.75) is 12.8 Å². The monoisotopic (exact) mass is 363 g/mol. The molecule has 0 saturated heterocycles. The largest absolute Gasteiger partial charge is 0.310 e. The number of hydrogen-bond acceptors (Lipinski definition) is 5. The summed E-state index contributed by atoms with van der Waals surface area (Å²) in [6.45, 7) is 0. The van der Waals surface area contributed by atoms with Crippen molar-refractivity contribution in [2.75, 3.05) is 5.32 Å². The molecule has 9 heteroatoms. The highest BCUT2D eigenvalue weighted by molar-refractivity contribution is 6.29. The lowest BCUT2D eigenvalue weighted by Gasteiger charge is -2.14. The van der Waals surface area contributed by atoms with Gasteiger partial charge in [-0.2, -0.15) is 0 Å². The molecule has 0 fully saturated rings. The van der Waals surface area contributed by atoms with Crippen LogP contribution in [0.4, 0.5) is 5.82 Å². The normalized spacial score (nSPS) is 12.8. The number of H-pyrrole nitrogens is 1. The first-order chi connectivity index (χ1) is 11.5. The Hall–Kier alpha value is -2.51. The van der Waals surface area contributed by atoms with Gasteiger partial charge in [0.05, 0.1) is 6.20 Å².